The van der Waals surface area contributed by atoms with Gasteiger partial charge in [-0.05, 0) is 55.5 Å². The highest BCUT2D eigenvalue weighted by Crippen LogP contribution is 2.30. The second-order valence-electron chi connectivity index (χ2n) is 9.04. The summed E-state index contributed by atoms with van der Waals surface area (Å²) >= 11 is 0. The van der Waals surface area contributed by atoms with Crippen LogP contribution in [0.3, 0.4) is 0 Å². The van der Waals surface area contributed by atoms with Crippen molar-refractivity contribution in [1.29, 1.82) is 0 Å². The zero-order valence-electron chi connectivity index (χ0n) is 21.2. The molecule has 0 saturated carbocycles. The van der Waals surface area contributed by atoms with Crippen LogP contribution in [0.4, 0.5) is 16.2 Å². The average molecular weight is 453 g/mol. The molecule has 0 bridgehead atoms. The second kappa shape index (κ2) is 12.3. The lowest BCUT2D eigenvalue weighted by Crippen LogP contribution is -2.43. The molecule has 0 fully saturated rings. The van der Waals surface area contributed by atoms with E-state index in [0.29, 0.717) is 24.7 Å². The first-order valence-electron chi connectivity index (χ1n) is 11.9. The van der Waals surface area contributed by atoms with Crippen molar-refractivity contribution in [2.75, 3.05) is 30.9 Å². The van der Waals surface area contributed by atoms with E-state index < -0.39 is 0 Å². The molecule has 180 valence electrons. The highest BCUT2D eigenvalue weighted by molar-refractivity contribution is 5.90. The summed E-state index contributed by atoms with van der Waals surface area (Å²) in [7, 11) is 3.99. The molecule has 3 amide bonds. The summed E-state index contributed by atoms with van der Waals surface area (Å²) in [5.74, 6) is 0.255. The Balaban J connectivity index is 2.44. The van der Waals surface area contributed by atoms with Crippen LogP contribution in [0, 0.1) is 5.92 Å². The lowest BCUT2D eigenvalue weighted by atomic mass is 9.92. The molecule has 2 aromatic carbocycles. The molecule has 0 aromatic heterocycles. The fourth-order valence-electron chi connectivity index (χ4n) is 3.97. The summed E-state index contributed by atoms with van der Waals surface area (Å²) in [4.78, 5) is 30.0. The van der Waals surface area contributed by atoms with E-state index >= 15 is 0 Å². The van der Waals surface area contributed by atoms with Crippen molar-refractivity contribution in [2.24, 2.45) is 5.92 Å². The number of nitrogens with zero attached hydrogens (tertiary/aromatic N) is 2. The van der Waals surface area contributed by atoms with Gasteiger partial charge in [0, 0.05) is 44.6 Å². The largest absolute Gasteiger partial charge is 0.377 e. The van der Waals surface area contributed by atoms with E-state index in [0.717, 1.165) is 23.2 Å². The molecule has 0 saturated heterocycles. The Morgan fingerprint density at radius 3 is 2.18 bits per heavy atom. The van der Waals surface area contributed by atoms with Crippen molar-refractivity contribution in [1.82, 2.24) is 10.2 Å². The molecule has 0 heterocycles. The van der Waals surface area contributed by atoms with Crippen molar-refractivity contribution in [3.63, 3.8) is 0 Å². The lowest BCUT2D eigenvalue weighted by Gasteiger charge is -2.36. The highest BCUT2D eigenvalue weighted by atomic mass is 16.2. The molecular weight excluding hydrogens is 412 g/mol. The van der Waals surface area contributed by atoms with E-state index in [4.69, 9.17) is 0 Å². The third kappa shape index (κ3) is 6.98. The Morgan fingerprint density at radius 2 is 1.64 bits per heavy atom. The van der Waals surface area contributed by atoms with Gasteiger partial charge in [-0.2, -0.15) is 0 Å². The number of carbonyl (C=O) groups is 2. The maximum atomic E-state index is 13.9. The van der Waals surface area contributed by atoms with Gasteiger partial charge in [0.1, 0.15) is 0 Å². The van der Waals surface area contributed by atoms with Gasteiger partial charge in [-0.1, -0.05) is 51.1 Å². The Bertz CT molecular complexity index is 912. The molecule has 0 aliphatic heterocycles. The molecule has 0 radical (unpaired) electrons. The van der Waals surface area contributed by atoms with Crippen LogP contribution in [0.2, 0.25) is 0 Å². The molecule has 0 aliphatic carbocycles. The van der Waals surface area contributed by atoms with Crippen LogP contribution < -0.4 is 15.5 Å². The molecule has 0 aliphatic rings. The normalized spacial score (nSPS) is 12.7. The van der Waals surface area contributed by atoms with Crippen LogP contribution in [0.1, 0.15) is 58.1 Å². The van der Waals surface area contributed by atoms with Crippen LogP contribution >= 0.6 is 0 Å². The maximum Gasteiger partial charge on any atom is 0.319 e. The minimum atomic E-state index is -0.236. The smallest absolute Gasteiger partial charge is 0.319 e. The monoisotopic (exact) mass is 452 g/mol. The summed E-state index contributed by atoms with van der Waals surface area (Å²) in [6.45, 7) is 11.4. The molecule has 0 spiro atoms. The van der Waals surface area contributed by atoms with E-state index in [1.54, 1.807) is 0 Å². The van der Waals surface area contributed by atoms with E-state index in [-0.39, 0.29) is 23.9 Å². The van der Waals surface area contributed by atoms with Crippen LogP contribution in [0.5, 0.6) is 0 Å². The van der Waals surface area contributed by atoms with Gasteiger partial charge in [0.2, 0.25) is 5.91 Å². The van der Waals surface area contributed by atoms with Gasteiger partial charge >= 0.3 is 6.03 Å². The molecule has 2 atom stereocenters. The number of amides is 3. The van der Waals surface area contributed by atoms with Crippen LogP contribution in [-0.2, 0) is 11.3 Å². The Kier molecular flexibility index (Phi) is 9.76. The molecule has 6 heteroatoms. The second-order valence-corrected chi connectivity index (χ2v) is 9.04. The van der Waals surface area contributed by atoms with Crippen molar-refractivity contribution in [3.8, 4) is 0 Å². The number of urea groups is 1. The van der Waals surface area contributed by atoms with Crippen molar-refractivity contribution < 1.29 is 9.59 Å². The minimum Gasteiger partial charge on any atom is -0.377 e. The molecule has 6 nitrogen and oxygen atoms in total. The summed E-state index contributed by atoms with van der Waals surface area (Å²) < 4.78 is 0. The Labute approximate surface area is 199 Å². The Hall–Kier alpha value is -3.02. The fourth-order valence-corrected chi connectivity index (χ4v) is 3.97. The van der Waals surface area contributed by atoms with E-state index in [1.807, 2.05) is 79.3 Å². The minimum absolute atomic E-state index is 0.0604. The number of hydrogen-bond acceptors (Lipinski definition) is 3. The van der Waals surface area contributed by atoms with Gasteiger partial charge in [0.25, 0.3) is 0 Å². The molecule has 2 aromatic rings. The molecule has 33 heavy (non-hydrogen) atoms. The predicted molar refractivity (Wildman–Crippen MR) is 138 cm³/mol. The fraction of sp³-hybridized carbons (Fsp3) is 0.481. The van der Waals surface area contributed by atoms with Gasteiger partial charge < -0.3 is 20.4 Å². The number of nitrogens with one attached hydrogen (secondary N) is 2. The van der Waals surface area contributed by atoms with Gasteiger partial charge in [-0.3, -0.25) is 4.79 Å². The third-order valence-electron chi connectivity index (χ3n) is 6.14. The van der Waals surface area contributed by atoms with Crippen molar-refractivity contribution >= 4 is 23.3 Å². The van der Waals surface area contributed by atoms with E-state index in [1.165, 1.54) is 0 Å². The summed E-state index contributed by atoms with van der Waals surface area (Å²) in [5.41, 5.74) is 3.78. The summed E-state index contributed by atoms with van der Waals surface area (Å²) in [6.07, 6.45) is 0.740. The van der Waals surface area contributed by atoms with Crippen LogP contribution in [-0.4, -0.2) is 43.5 Å². The SMILES string of the molecule is CCNC(=O)Nc1ccc(N(C)C)c(CN(C(=O)C(CC)c2ccccc2)C(C)C(C)C)c1. The van der Waals surface area contributed by atoms with Gasteiger partial charge in [0.05, 0.1) is 5.92 Å². The van der Waals surface area contributed by atoms with Gasteiger partial charge in [0.15, 0.2) is 0 Å². The molecule has 2 N–H and O–H groups in total. The van der Waals surface area contributed by atoms with Crippen molar-refractivity contribution in [3.05, 3.63) is 59.7 Å². The zero-order valence-corrected chi connectivity index (χ0v) is 21.2. The topological polar surface area (TPSA) is 64.7 Å². The quantitative estimate of drug-likeness (QED) is 0.503. The number of hydrogen-bond donors (Lipinski definition) is 2. The van der Waals surface area contributed by atoms with Gasteiger partial charge in [-0.25, -0.2) is 4.79 Å². The van der Waals surface area contributed by atoms with E-state index in [2.05, 4.69) is 38.3 Å². The molecule has 2 unspecified atom stereocenters. The molecular formula is C27H40N4O2. The maximum absolute atomic E-state index is 13.9. The predicted octanol–water partition coefficient (Wildman–Crippen LogP) is 5.46. The average Bonchev–Trinajstić information content (AvgIpc) is 2.78. The lowest BCUT2D eigenvalue weighted by molar-refractivity contribution is -0.136. The first-order chi connectivity index (χ1) is 15.7. The number of benzene rings is 2. The number of carbonyl (C=O) groups excluding carboxylic acids is 2. The first-order valence-corrected chi connectivity index (χ1v) is 11.9. The van der Waals surface area contributed by atoms with Crippen LogP contribution in [0.25, 0.3) is 0 Å². The Morgan fingerprint density at radius 1 is 0.970 bits per heavy atom. The highest BCUT2D eigenvalue weighted by Gasteiger charge is 2.30. The number of rotatable bonds is 10. The van der Waals surface area contributed by atoms with Crippen molar-refractivity contribution in [2.45, 2.75) is 59.5 Å². The van der Waals surface area contributed by atoms with E-state index in [9.17, 15) is 9.59 Å². The van der Waals surface area contributed by atoms with Crippen LogP contribution in [0.15, 0.2) is 48.5 Å². The standard InChI is InChI=1S/C27H40N4O2/c1-8-24(21-13-11-10-12-14-21)26(32)31(20(5)19(3)4)18-22-17-23(29-27(33)28-9-2)15-16-25(22)30(6)7/h10-17,19-20,24H,8-9,18H2,1-7H3,(H2,28,29,33). The molecule has 2 rings (SSSR count). The summed E-state index contributed by atoms with van der Waals surface area (Å²) in [6, 6.07) is 15.7. The summed E-state index contributed by atoms with van der Waals surface area (Å²) in [5, 5.41) is 5.65. The zero-order chi connectivity index (χ0) is 24.5. The third-order valence-corrected chi connectivity index (χ3v) is 6.14. The number of anilines is 2. The first kappa shape index (κ1) is 26.2. The van der Waals surface area contributed by atoms with Gasteiger partial charge in [-0.15, -0.1) is 0 Å².